The molecule has 0 radical (unpaired) electrons. The van der Waals surface area contributed by atoms with Crippen molar-refractivity contribution in [2.75, 3.05) is 11.9 Å². The summed E-state index contributed by atoms with van der Waals surface area (Å²) in [6, 6.07) is 7.08. The number of fused-ring (bicyclic) bond motifs is 2. The number of benzene rings is 1. The second-order valence-corrected chi connectivity index (χ2v) is 5.58. The minimum Gasteiger partial charge on any atom is -0.550 e. The lowest BCUT2D eigenvalue weighted by Gasteiger charge is -2.27. The lowest BCUT2D eigenvalue weighted by molar-refractivity contribution is -0.313. The van der Waals surface area contributed by atoms with Crippen LogP contribution in [-0.2, 0) is 14.3 Å². The summed E-state index contributed by atoms with van der Waals surface area (Å²) in [5.74, 6) is -2.59. The standard InChI is InChI=1S/C16H19NO5/c1-2-21-10-6-4-3-5-9(10)17-15(18)13-11-7-8-12(22-11)14(13)16(19)20/h3-6,11-14H,2,7-8H2,1H3,(H,17,18)(H,19,20)/p-1/t11-,12+,13+,14+/m1/s1. The highest BCUT2D eigenvalue weighted by atomic mass is 16.5. The fourth-order valence-corrected chi connectivity index (χ4v) is 3.38. The molecule has 0 aliphatic carbocycles. The summed E-state index contributed by atoms with van der Waals surface area (Å²) in [5, 5.41) is 14.1. The Morgan fingerprint density at radius 3 is 2.64 bits per heavy atom. The van der Waals surface area contributed by atoms with E-state index in [1.807, 2.05) is 13.0 Å². The van der Waals surface area contributed by atoms with E-state index in [1.165, 1.54) is 0 Å². The third-order valence-electron chi connectivity index (χ3n) is 4.29. The Morgan fingerprint density at radius 1 is 1.27 bits per heavy atom. The Labute approximate surface area is 128 Å². The number of aliphatic carboxylic acids is 1. The zero-order valence-corrected chi connectivity index (χ0v) is 12.3. The summed E-state index contributed by atoms with van der Waals surface area (Å²) in [6.45, 7) is 2.33. The van der Waals surface area contributed by atoms with Gasteiger partial charge in [0.05, 0.1) is 30.4 Å². The first-order chi connectivity index (χ1) is 10.6. The molecular formula is C16H18NO5-. The third kappa shape index (κ3) is 2.54. The molecule has 2 aliphatic heterocycles. The van der Waals surface area contributed by atoms with E-state index in [0.29, 0.717) is 30.9 Å². The molecule has 6 nitrogen and oxygen atoms in total. The molecule has 118 valence electrons. The molecule has 4 atom stereocenters. The maximum absolute atomic E-state index is 12.5. The lowest BCUT2D eigenvalue weighted by Crippen LogP contribution is -2.46. The van der Waals surface area contributed by atoms with Gasteiger partial charge in [-0.2, -0.15) is 0 Å². The predicted octanol–water partition coefficient (Wildman–Crippen LogP) is 0.567. The largest absolute Gasteiger partial charge is 0.550 e. The molecule has 2 heterocycles. The summed E-state index contributed by atoms with van der Waals surface area (Å²) in [4.78, 5) is 23.9. The molecule has 2 fully saturated rings. The molecule has 0 saturated carbocycles. The number of anilines is 1. The van der Waals surface area contributed by atoms with Crippen LogP contribution in [0.1, 0.15) is 19.8 Å². The summed E-state index contributed by atoms with van der Waals surface area (Å²) in [7, 11) is 0. The van der Waals surface area contributed by atoms with Gasteiger partial charge in [0.1, 0.15) is 5.75 Å². The van der Waals surface area contributed by atoms with Crippen molar-refractivity contribution in [2.45, 2.75) is 32.0 Å². The Balaban J connectivity index is 1.78. The second kappa shape index (κ2) is 5.96. The van der Waals surface area contributed by atoms with Crippen molar-refractivity contribution in [3.8, 4) is 5.75 Å². The molecule has 0 aromatic heterocycles. The first-order valence-electron chi connectivity index (χ1n) is 7.50. The van der Waals surface area contributed by atoms with Crippen LogP contribution in [0.2, 0.25) is 0 Å². The van der Waals surface area contributed by atoms with Crippen LogP contribution in [0.25, 0.3) is 0 Å². The van der Waals surface area contributed by atoms with Gasteiger partial charge in [0.15, 0.2) is 0 Å². The molecule has 2 aliphatic rings. The quantitative estimate of drug-likeness (QED) is 0.859. The molecule has 22 heavy (non-hydrogen) atoms. The van der Waals surface area contributed by atoms with Gasteiger partial charge in [0.2, 0.25) is 5.91 Å². The molecule has 1 aromatic rings. The first kappa shape index (κ1) is 14.8. The minimum absolute atomic E-state index is 0.341. The minimum atomic E-state index is -1.22. The third-order valence-corrected chi connectivity index (χ3v) is 4.29. The van der Waals surface area contributed by atoms with E-state index in [-0.39, 0.29) is 12.0 Å². The van der Waals surface area contributed by atoms with Gasteiger partial charge in [0.25, 0.3) is 0 Å². The van der Waals surface area contributed by atoms with Crippen LogP contribution in [0.5, 0.6) is 5.75 Å². The molecule has 3 rings (SSSR count). The van der Waals surface area contributed by atoms with E-state index in [4.69, 9.17) is 9.47 Å². The van der Waals surface area contributed by atoms with Crippen molar-refractivity contribution < 1.29 is 24.2 Å². The van der Waals surface area contributed by atoms with Crippen LogP contribution in [0.3, 0.4) is 0 Å². The van der Waals surface area contributed by atoms with E-state index in [1.54, 1.807) is 18.2 Å². The number of carboxylic acid groups (broad SMARTS) is 1. The van der Waals surface area contributed by atoms with Crippen molar-refractivity contribution in [1.29, 1.82) is 0 Å². The summed E-state index contributed by atoms with van der Waals surface area (Å²) in [5.41, 5.74) is 0.536. The van der Waals surface area contributed by atoms with Gasteiger partial charge in [-0.25, -0.2) is 0 Å². The highest BCUT2D eigenvalue weighted by Crippen LogP contribution is 2.44. The monoisotopic (exact) mass is 304 g/mol. The number of hydrogen-bond acceptors (Lipinski definition) is 5. The lowest BCUT2D eigenvalue weighted by atomic mass is 9.78. The fourth-order valence-electron chi connectivity index (χ4n) is 3.38. The van der Waals surface area contributed by atoms with E-state index >= 15 is 0 Å². The molecule has 2 bridgehead atoms. The molecule has 6 heteroatoms. The zero-order chi connectivity index (χ0) is 15.7. The van der Waals surface area contributed by atoms with Gasteiger partial charge >= 0.3 is 0 Å². The number of rotatable bonds is 5. The molecule has 2 saturated heterocycles. The highest BCUT2D eigenvalue weighted by Gasteiger charge is 2.52. The molecule has 1 aromatic carbocycles. The van der Waals surface area contributed by atoms with Crippen LogP contribution in [0, 0.1) is 11.8 Å². The average Bonchev–Trinajstić information content (AvgIpc) is 3.10. The number of nitrogens with one attached hydrogen (secondary N) is 1. The Hall–Kier alpha value is -2.08. The number of ether oxygens (including phenoxy) is 2. The van der Waals surface area contributed by atoms with Crippen molar-refractivity contribution in [3.05, 3.63) is 24.3 Å². The van der Waals surface area contributed by atoms with Gasteiger partial charge in [-0.3, -0.25) is 4.79 Å². The van der Waals surface area contributed by atoms with Gasteiger partial charge in [-0.15, -0.1) is 0 Å². The van der Waals surface area contributed by atoms with Crippen LogP contribution in [0.4, 0.5) is 5.69 Å². The fraction of sp³-hybridized carbons (Fsp3) is 0.500. The van der Waals surface area contributed by atoms with E-state index in [9.17, 15) is 14.7 Å². The summed E-state index contributed by atoms with van der Waals surface area (Å²) < 4.78 is 11.0. The van der Waals surface area contributed by atoms with Gasteiger partial charge < -0.3 is 24.7 Å². The summed E-state index contributed by atoms with van der Waals surface area (Å²) in [6.07, 6.45) is 0.627. The van der Waals surface area contributed by atoms with Crippen LogP contribution in [0.15, 0.2) is 24.3 Å². The maximum atomic E-state index is 12.5. The van der Waals surface area contributed by atoms with Crippen LogP contribution < -0.4 is 15.2 Å². The molecule has 0 spiro atoms. The summed E-state index contributed by atoms with van der Waals surface area (Å²) >= 11 is 0. The molecule has 1 N–H and O–H groups in total. The normalized spacial score (nSPS) is 29.3. The topological polar surface area (TPSA) is 87.7 Å². The Kier molecular flexibility index (Phi) is 4.02. The van der Waals surface area contributed by atoms with Gasteiger partial charge in [-0.1, -0.05) is 12.1 Å². The second-order valence-electron chi connectivity index (χ2n) is 5.58. The smallest absolute Gasteiger partial charge is 0.230 e. The maximum Gasteiger partial charge on any atom is 0.230 e. The number of carbonyl (C=O) groups excluding carboxylic acids is 2. The molecule has 0 unspecified atom stereocenters. The van der Waals surface area contributed by atoms with E-state index in [2.05, 4.69) is 5.32 Å². The first-order valence-corrected chi connectivity index (χ1v) is 7.50. The molecule has 1 amide bonds. The van der Waals surface area contributed by atoms with Gasteiger partial charge in [0, 0.05) is 11.9 Å². The van der Waals surface area contributed by atoms with Crippen LogP contribution in [-0.4, -0.2) is 30.7 Å². The zero-order valence-electron chi connectivity index (χ0n) is 12.3. The Morgan fingerprint density at radius 2 is 1.95 bits per heavy atom. The van der Waals surface area contributed by atoms with Crippen LogP contribution >= 0.6 is 0 Å². The van der Waals surface area contributed by atoms with Crippen molar-refractivity contribution in [3.63, 3.8) is 0 Å². The SMILES string of the molecule is CCOc1ccccc1NC(=O)[C@@H]1[C@@H](C(=O)[O-])[C@@H]2CC[C@H]1O2. The number of hydrogen-bond donors (Lipinski definition) is 1. The predicted molar refractivity (Wildman–Crippen MR) is 76.1 cm³/mol. The van der Waals surface area contributed by atoms with Crippen molar-refractivity contribution in [1.82, 2.24) is 0 Å². The Bertz CT molecular complexity index is 588. The molecular weight excluding hydrogens is 286 g/mol. The number of carbonyl (C=O) groups is 2. The highest BCUT2D eigenvalue weighted by molar-refractivity contribution is 5.97. The number of amides is 1. The van der Waals surface area contributed by atoms with Crippen molar-refractivity contribution in [2.24, 2.45) is 11.8 Å². The number of carboxylic acids is 1. The van der Waals surface area contributed by atoms with E-state index in [0.717, 1.165) is 0 Å². The number of para-hydroxylation sites is 2. The van der Waals surface area contributed by atoms with Gasteiger partial charge in [-0.05, 0) is 31.9 Å². The van der Waals surface area contributed by atoms with E-state index < -0.39 is 23.9 Å². The van der Waals surface area contributed by atoms with Crippen molar-refractivity contribution >= 4 is 17.6 Å². The average molecular weight is 304 g/mol.